The molecule has 1 aromatic carbocycles. The molecule has 0 aliphatic carbocycles. The zero-order chi connectivity index (χ0) is 15.8. The quantitative estimate of drug-likeness (QED) is 0.729. The smallest absolute Gasteiger partial charge is 0.258 e. The molecule has 1 aliphatic heterocycles. The normalized spacial score (nSPS) is 17.4. The number of anilines is 1. The molecule has 0 saturated heterocycles. The lowest BCUT2D eigenvalue weighted by atomic mass is 9.92. The molecule has 1 aromatic rings. The molecule has 0 aromatic heterocycles. The van der Waals surface area contributed by atoms with Gasteiger partial charge in [-0.1, -0.05) is 29.9 Å². The molecule has 0 saturated carbocycles. The first-order chi connectivity index (χ1) is 9.71. The van der Waals surface area contributed by atoms with E-state index in [4.69, 9.17) is 23.8 Å². The fourth-order valence-corrected chi connectivity index (χ4v) is 2.57. The van der Waals surface area contributed by atoms with Crippen LogP contribution in [0.25, 0.3) is 0 Å². The number of carbonyl (C=O) groups excluding carboxylic acids is 1. The molecule has 0 unspecified atom stereocenters. The molecule has 21 heavy (non-hydrogen) atoms. The van der Waals surface area contributed by atoms with Crippen LogP contribution in [-0.2, 0) is 4.79 Å². The van der Waals surface area contributed by atoms with Crippen LogP contribution in [0.5, 0.6) is 0 Å². The Morgan fingerprint density at radius 1 is 1.52 bits per heavy atom. The van der Waals surface area contributed by atoms with E-state index in [1.165, 1.54) is 18.2 Å². The van der Waals surface area contributed by atoms with Gasteiger partial charge in [0.25, 0.3) is 5.91 Å². The summed E-state index contributed by atoms with van der Waals surface area (Å²) in [6.07, 6.45) is 0.257. The van der Waals surface area contributed by atoms with E-state index in [0.29, 0.717) is 0 Å². The molecule has 0 radical (unpaired) electrons. The fraction of sp³-hybridized carbons (Fsp3) is 0.286. The summed E-state index contributed by atoms with van der Waals surface area (Å²) in [5, 5.41) is 15.3. The Hall–Kier alpha value is -1.66. The Labute approximate surface area is 132 Å². The van der Waals surface area contributed by atoms with Crippen molar-refractivity contribution in [1.82, 2.24) is 5.32 Å². The van der Waals surface area contributed by atoms with Crippen LogP contribution in [0.1, 0.15) is 20.3 Å². The summed E-state index contributed by atoms with van der Waals surface area (Å²) in [5.74, 6) is -1.18. The van der Waals surface area contributed by atoms with Gasteiger partial charge in [0.15, 0.2) is 0 Å². The number of nitrogens with one attached hydrogen (secondary N) is 2. The van der Waals surface area contributed by atoms with E-state index in [2.05, 4.69) is 10.6 Å². The van der Waals surface area contributed by atoms with Crippen LogP contribution in [0.2, 0.25) is 5.02 Å². The zero-order valence-corrected chi connectivity index (χ0v) is 13.0. The van der Waals surface area contributed by atoms with Crippen LogP contribution < -0.4 is 10.6 Å². The first-order valence-electron chi connectivity index (χ1n) is 6.21. The van der Waals surface area contributed by atoms with Crippen molar-refractivity contribution in [2.24, 2.45) is 0 Å². The molecule has 0 spiro atoms. The maximum Gasteiger partial charge on any atom is 0.258 e. The molecule has 0 bridgehead atoms. The Bertz CT molecular complexity index is 658. The Kier molecular flexibility index (Phi) is 4.20. The second-order valence-corrected chi connectivity index (χ2v) is 6.18. The maximum atomic E-state index is 13.4. The molecular formula is C14H14ClFN2O2S. The number of halogens is 2. The van der Waals surface area contributed by atoms with Crippen molar-refractivity contribution < 1.29 is 14.3 Å². The van der Waals surface area contributed by atoms with Crippen molar-refractivity contribution >= 4 is 40.4 Å². The van der Waals surface area contributed by atoms with Crippen molar-refractivity contribution in [1.29, 1.82) is 0 Å². The largest absolute Gasteiger partial charge is 0.511 e. The number of amides is 1. The summed E-state index contributed by atoms with van der Waals surface area (Å²) in [6.45, 7) is 3.58. The Balaban J connectivity index is 2.28. The van der Waals surface area contributed by atoms with E-state index in [-0.39, 0.29) is 33.5 Å². The van der Waals surface area contributed by atoms with Crippen molar-refractivity contribution in [2.75, 3.05) is 5.32 Å². The van der Waals surface area contributed by atoms with Crippen LogP contribution in [0.4, 0.5) is 10.1 Å². The first-order valence-corrected chi connectivity index (χ1v) is 7.00. The number of thiocarbonyl (C=S) groups is 1. The molecule has 1 amide bonds. The van der Waals surface area contributed by atoms with E-state index >= 15 is 0 Å². The number of aliphatic hydroxyl groups excluding tert-OH is 1. The van der Waals surface area contributed by atoms with E-state index in [1.807, 2.05) is 0 Å². The molecule has 1 aliphatic rings. The highest BCUT2D eigenvalue weighted by atomic mass is 35.5. The van der Waals surface area contributed by atoms with Gasteiger partial charge in [0.2, 0.25) is 0 Å². The first kappa shape index (κ1) is 15.7. The molecule has 3 N–H and O–H groups in total. The summed E-state index contributed by atoms with van der Waals surface area (Å²) in [4.78, 5) is 12.0. The Morgan fingerprint density at radius 2 is 2.19 bits per heavy atom. The predicted molar refractivity (Wildman–Crippen MR) is 84.1 cm³/mol. The van der Waals surface area contributed by atoms with Gasteiger partial charge < -0.3 is 15.7 Å². The standard InChI is InChI=1S/C14H14ClFN2O2S/c1-14(2)6-9(19)10(12(20)18-14)13(21)17-8-5-3-4-7(16)11(8)15/h3-5,19H,6H2,1-2H3,(H,17,21)(H,18,20). The molecular weight excluding hydrogens is 315 g/mol. The summed E-state index contributed by atoms with van der Waals surface area (Å²) in [5.41, 5.74) is -0.333. The van der Waals surface area contributed by atoms with Gasteiger partial charge in [-0.2, -0.15) is 0 Å². The number of hydrogen-bond acceptors (Lipinski definition) is 3. The third kappa shape index (κ3) is 3.33. The summed E-state index contributed by atoms with van der Waals surface area (Å²) < 4.78 is 13.4. The highest BCUT2D eigenvalue weighted by molar-refractivity contribution is 7.81. The van der Waals surface area contributed by atoms with Gasteiger partial charge in [-0.15, -0.1) is 0 Å². The van der Waals surface area contributed by atoms with Gasteiger partial charge in [-0.05, 0) is 26.0 Å². The highest BCUT2D eigenvalue weighted by Crippen LogP contribution is 2.28. The average molecular weight is 329 g/mol. The second kappa shape index (κ2) is 5.61. The van der Waals surface area contributed by atoms with Crippen LogP contribution in [-0.4, -0.2) is 21.5 Å². The molecule has 0 fully saturated rings. The number of rotatable bonds is 2. The third-order valence-electron chi connectivity index (χ3n) is 3.00. The van der Waals surface area contributed by atoms with Crippen molar-refractivity contribution in [3.05, 3.63) is 40.4 Å². The monoisotopic (exact) mass is 328 g/mol. The second-order valence-electron chi connectivity index (χ2n) is 5.39. The van der Waals surface area contributed by atoms with Crippen LogP contribution in [0, 0.1) is 5.82 Å². The topological polar surface area (TPSA) is 61.4 Å². The minimum Gasteiger partial charge on any atom is -0.511 e. The lowest BCUT2D eigenvalue weighted by molar-refractivity contribution is -0.119. The lowest BCUT2D eigenvalue weighted by Crippen LogP contribution is -2.49. The number of hydrogen-bond donors (Lipinski definition) is 3. The minimum atomic E-state index is -0.600. The van der Waals surface area contributed by atoms with Gasteiger partial charge >= 0.3 is 0 Å². The summed E-state index contributed by atoms with van der Waals surface area (Å²) >= 11 is 10.9. The third-order valence-corrected chi connectivity index (χ3v) is 3.69. The number of carbonyl (C=O) groups is 1. The van der Waals surface area contributed by atoms with Gasteiger partial charge in [-0.3, -0.25) is 4.79 Å². The minimum absolute atomic E-state index is 0.00648. The van der Waals surface area contributed by atoms with Crippen LogP contribution in [0.3, 0.4) is 0 Å². The van der Waals surface area contributed by atoms with Crippen LogP contribution >= 0.6 is 23.8 Å². The summed E-state index contributed by atoms with van der Waals surface area (Å²) in [6, 6.07) is 4.20. The van der Waals surface area contributed by atoms with E-state index in [1.54, 1.807) is 13.8 Å². The molecule has 1 heterocycles. The van der Waals surface area contributed by atoms with Crippen LogP contribution in [0.15, 0.2) is 29.5 Å². The van der Waals surface area contributed by atoms with Crippen molar-refractivity contribution in [2.45, 2.75) is 25.8 Å². The zero-order valence-electron chi connectivity index (χ0n) is 11.5. The molecule has 2 rings (SSSR count). The highest BCUT2D eigenvalue weighted by Gasteiger charge is 2.34. The summed E-state index contributed by atoms with van der Waals surface area (Å²) in [7, 11) is 0. The fourth-order valence-electron chi connectivity index (χ4n) is 2.07. The van der Waals surface area contributed by atoms with Gasteiger partial charge in [0.1, 0.15) is 22.1 Å². The lowest BCUT2D eigenvalue weighted by Gasteiger charge is -2.31. The Morgan fingerprint density at radius 3 is 2.81 bits per heavy atom. The average Bonchev–Trinajstić information content (AvgIpc) is 2.32. The molecule has 0 atom stereocenters. The van der Waals surface area contributed by atoms with E-state index in [9.17, 15) is 14.3 Å². The van der Waals surface area contributed by atoms with Gasteiger partial charge in [0.05, 0.1) is 10.7 Å². The molecule has 7 heteroatoms. The van der Waals surface area contributed by atoms with Gasteiger partial charge in [-0.25, -0.2) is 4.39 Å². The number of aliphatic hydroxyl groups is 1. The number of benzene rings is 1. The predicted octanol–water partition coefficient (Wildman–Crippen LogP) is 3.33. The van der Waals surface area contributed by atoms with E-state index in [0.717, 1.165) is 0 Å². The molecule has 4 nitrogen and oxygen atoms in total. The SMILES string of the molecule is CC1(C)CC(O)=C(C(=S)Nc2cccc(F)c2Cl)C(=O)N1. The van der Waals surface area contributed by atoms with Crippen molar-refractivity contribution in [3.8, 4) is 0 Å². The van der Waals surface area contributed by atoms with Gasteiger partial charge in [0, 0.05) is 12.0 Å². The van der Waals surface area contributed by atoms with Crippen molar-refractivity contribution in [3.63, 3.8) is 0 Å². The van der Waals surface area contributed by atoms with E-state index < -0.39 is 17.3 Å². The maximum absolute atomic E-state index is 13.4. The molecule has 112 valence electrons.